The zero-order chi connectivity index (χ0) is 18.7. The second kappa shape index (κ2) is 7.78. The SMILES string of the molecule is COc1ccc(C)cc1S(=O)(=O)N1CCN(Cc2ccccc2)C(C)C1. The van der Waals surface area contributed by atoms with Gasteiger partial charge in [0.05, 0.1) is 7.11 Å². The van der Waals surface area contributed by atoms with Crippen molar-refractivity contribution in [2.45, 2.75) is 31.3 Å². The first-order valence-electron chi connectivity index (χ1n) is 8.84. The maximum absolute atomic E-state index is 13.2. The molecule has 1 heterocycles. The minimum atomic E-state index is -3.57. The fourth-order valence-electron chi connectivity index (χ4n) is 3.36. The van der Waals surface area contributed by atoms with Gasteiger partial charge in [-0.25, -0.2) is 8.42 Å². The Morgan fingerprint density at radius 2 is 1.85 bits per heavy atom. The lowest BCUT2D eigenvalue weighted by atomic mass is 10.1. The molecular weight excluding hydrogens is 348 g/mol. The van der Waals surface area contributed by atoms with Crippen molar-refractivity contribution < 1.29 is 13.2 Å². The van der Waals surface area contributed by atoms with E-state index >= 15 is 0 Å². The zero-order valence-electron chi connectivity index (χ0n) is 15.6. The second-order valence-electron chi connectivity index (χ2n) is 6.82. The number of benzene rings is 2. The van der Waals surface area contributed by atoms with Crippen molar-refractivity contribution in [1.29, 1.82) is 0 Å². The molecule has 1 atom stereocenters. The molecule has 2 aromatic carbocycles. The first-order chi connectivity index (χ1) is 12.4. The molecule has 0 spiro atoms. The Morgan fingerprint density at radius 3 is 2.50 bits per heavy atom. The molecule has 5 nitrogen and oxygen atoms in total. The lowest BCUT2D eigenvalue weighted by Crippen LogP contribution is -2.53. The molecule has 6 heteroatoms. The van der Waals surface area contributed by atoms with Crippen molar-refractivity contribution in [1.82, 2.24) is 9.21 Å². The molecular formula is C20H26N2O3S. The summed E-state index contributed by atoms with van der Waals surface area (Å²) in [6.07, 6.45) is 0. The first-order valence-corrected chi connectivity index (χ1v) is 10.3. The van der Waals surface area contributed by atoms with Gasteiger partial charge in [-0.1, -0.05) is 36.4 Å². The Hall–Kier alpha value is -1.89. The topological polar surface area (TPSA) is 49.9 Å². The Bertz CT molecular complexity index is 853. The molecule has 0 aliphatic carbocycles. The molecule has 26 heavy (non-hydrogen) atoms. The summed E-state index contributed by atoms with van der Waals surface area (Å²) in [4.78, 5) is 2.58. The molecule has 1 aliphatic rings. The van der Waals surface area contributed by atoms with Gasteiger partial charge in [-0.05, 0) is 37.1 Å². The van der Waals surface area contributed by atoms with Crippen LogP contribution in [-0.2, 0) is 16.6 Å². The van der Waals surface area contributed by atoms with E-state index in [0.717, 1.165) is 12.1 Å². The maximum Gasteiger partial charge on any atom is 0.246 e. The highest BCUT2D eigenvalue weighted by molar-refractivity contribution is 7.89. The highest BCUT2D eigenvalue weighted by atomic mass is 32.2. The first kappa shape index (κ1) is 18.9. The number of methoxy groups -OCH3 is 1. The number of rotatable bonds is 5. The third kappa shape index (κ3) is 3.92. The fourth-order valence-corrected chi connectivity index (χ4v) is 5.11. The van der Waals surface area contributed by atoms with Gasteiger partial charge in [0.15, 0.2) is 0 Å². The van der Waals surface area contributed by atoms with Gasteiger partial charge in [-0.15, -0.1) is 0 Å². The molecule has 1 unspecified atom stereocenters. The largest absolute Gasteiger partial charge is 0.495 e. The molecule has 0 saturated carbocycles. The summed E-state index contributed by atoms with van der Waals surface area (Å²) in [6.45, 7) is 6.48. The van der Waals surface area contributed by atoms with Crippen molar-refractivity contribution in [3.05, 3.63) is 59.7 Å². The number of piperazine rings is 1. The van der Waals surface area contributed by atoms with Crippen molar-refractivity contribution in [2.75, 3.05) is 26.7 Å². The minimum absolute atomic E-state index is 0.148. The molecule has 1 saturated heterocycles. The van der Waals surface area contributed by atoms with Crippen LogP contribution in [-0.4, -0.2) is 50.4 Å². The lowest BCUT2D eigenvalue weighted by Gasteiger charge is -2.39. The summed E-state index contributed by atoms with van der Waals surface area (Å²) in [6, 6.07) is 15.7. The van der Waals surface area contributed by atoms with E-state index in [-0.39, 0.29) is 10.9 Å². The third-order valence-electron chi connectivity index (χ3n) is 4.89. The number of ether oxygens (including phenoxy) is 1. The van der Waals surface area contributed by atoms with E-state index in [9.17, 15) is 8.42 Å². The quantitative estimate of drug-likeness (QED) is 0.807. The molecule has 0 bridgehead atoms. The van der Waals surface area contributed by atoms with Crippen LogP contribution in [0.2, 0.25) is 0 Å². The van der Waals surface area contributed by atoms with Gasteiger partial charge in [0.1, 0.15) is 10.6 Å². The smallest absolute Gasteiger partial charge is 0.246 e. The van der Waals surface area contributed by atoms with E-state index in [1.54, 1.807) is 16.4 Å². The molecule has 0 aromatic heterocycles. The van der Waals surface area contributed by atoms with Crippen LogP contribution < -0.4 is 4.74 Å². The highest BCUT2D eigenvalue weighted by Gasteiger charge is 2.33. The van der Waals surface area contributed by atoms with Gasteiger partial charge in [-0.2, -0.15) is 4.31 Å². The summed E-state index contributed by atoms with van der Waals surface area (Å²) >= 11 is 0. The van der Waals surface area contributed by atoms with Gasteiger partial charge < -0.3 is 4.74 Å². The summed E-state index contributed by atoms with van der Waals surface area (Å²) in [7, 11) is -2.07. The van der Waals surface area contributed by atoms with E-state index < -0.39 is 10.0 Å². The Labute approximate surface area is 156 Å². The van der Waals surface area contributed by atoms with Crippen LogP contribution in [0.25, 0.3) is 0 Å². The van der Waals surface area contributed by atoms with Crippen molar-refractivity contribution in [3.8, 4) is 5.75 Å². The van der Waals surface area contributed by atoms with Crippen molar-refractivity contribution in [3.63, 3.8) is 0 Å². The van der Waals surface area contributed by atoms with Crippen LogP contribution in [0.1, 0.15) is 18.1 Å². The Kier molecular flexibility index (Phi) is 5.65. The molecule has 1 fully saturated rings. The van der Waals surface area contributed by atoms with Gasteiger partial charge in [0.25, 0.3) is 0 Å². The van der Waals surface area contributed by atoms with Crippen LogP contribution in [0.5, 0.6) is 5.75 Å². The van der Waals surface area contributed by atoms with Crippen LogP contribution in [0, 0.1) is 6.92 Å². The number of hydrogen-bond donors (Lipinski definition) is 0. The number of hydrogen-bond acceptors (Lipinski definition) is 4. The van der Waals surface area contributed by atoms with Crippen molar-refractivity contribution in [2.24, 2.45) is 0 Å². The fraction of sp³-hybridized carbons (Fsp3) is 0.400. The van der Waals surface area contributed by atoms with Gasteiger partial charge in [0, 0.05) is 32.2 Å². The molecule has 0 N–H and O–H groups in total. The van der Waals surface area contributed by atoms with Crippen LogP contribution in [0.4, 0.5) is 0 Å². The summed E-state index contributed by atoms with van der Waals surface area (Å²) in [5.41, 5.74) is 2.15. The van der Waals surface area contributed by atoms with Crippen LogP contribution >= 0.6 is 0 Å². The number of aryl methyl sites for hydroxylation is 1. The normalized spacial score (nSPS) is 19.4. The van der Waals surface area contributed by atoms with Gasteiger partial charge >= 0.3 is 0 Å². The number of nitrogens with zero attached hydrogens (tertiary/aromatic N) is 2. The highest BCUT2D eigenvalue weighted by Crippen LogP contribution is 2.29. The summed E-state index contributed by atoms with van der Waals surface area (Å²) < 4.78 is 33.2. The summed E-state index contributed by atoms with van der Waals surface area (Å²) in [5, 5.41) is 0. The van der Waals surface area contributed by atoms with Gasteiger partial charge in [-0.3, -0.25) is 4.90 Å². The zero-order valence-corrected chi connectivity index (χ0v) is 16.4. The molecule has 0 amide bonds. The predicted molar refractivity (Wildman–Crippen MR) is 103 cm³/mol. The standard InChI is InChI=1S/C20H26N2O3S/c1-16-9-10-19(25-3)20(13-16)26(23,24)22-12-11-21(17(2)14-22)15-18-7-5-4-6-8-18/h4-10,13,17H,11-12,14-15H2,1-3H3. The van der Waals surface area contributed by atoms with Gasteiger partial charge in [0.2, 0.25) is 10.0 Å². The van der Waals surface area contributed by atoms with Crippen molar-refractivity contribution >= 4 is 10.0 Å². The van der Waals surface area contributed by atoms with Crippen LogP contribution in [0.3, 0.4) is 0 Å². The summed E-state index contributed by atoms with van der Waals surface area (Å²) in [5.74, 6) is 0.398. The molecule has 2 aromatic rings. The van der Waals surface area contributed by atoms with E-state index in [4.69, 9.17) is 4.74 Å². The molecule has 0 radical (unpaired) electrons. The predicted octanol–water partition coefficient (Wildman–Crippen LogP) is 2.90. The average Bonchev–Trinajstić information content (AvgIpc) is 2.64. The Morgan fingerprint density at radius 1 is 1.12 bits per heavy atom. The number of sulfonamides is 1. The maximum atomic E-state index is 13.2. The Balaban J connectivity index is 1.77. The average molecular weight is 375 g/mol. The molecule has 140 valence electrons. The lowest BCUT2D eigenvalue weighted by molar-refractivity contribution is 0.122. The second-order valence-corrected chi connectivity index (χ2v) is 8.73. The van der Waals surface area contributed by atoms with E-state index in [1.165, 1.54) is 12.7 Å². The van der Waals surface area contributed by atoms with E-state index in [1.807, 2.05) is 31.2 Å². The van der Waals surface area contributed by atoms with Crippen LogP contribution in [0.15, 0.2) is 53.4 Å². The third-order valence-corrected chi connectivity index (χ3v) is 6.78. The molecule has 3 rings (SSSR count). The minimum Gasteiger partial charge on any atom is -0.495 e. The van der Waals surface area contributed by atoms with E-state index in [2.05, 4.69) is 24.0 Å². The molecule has 1 aliphatic heterocycles. The monoisotopic (exact) mass is 374 g/mol. The van der Waals surface area contributed by atoms with E-state index in [0.29, 0.717) is 25.4 Å².